The van der Waals surface area contributed by atoms with Crippen LogP contribution in [0.2, 0.25) is 0 Å². The maximum atomic E-state index is 10.3. The van der Waals surface area contributed by atoms with Crippen molar-refractivity contribution in [1.82, 2.24) is 4.90 Å². The molecule has 0 aromatic heterocycles. The Bertz CT molecular complexity index is 273. The summed E-state index contributed by atoms with van der Waals surface area (Å²) in [5, 5.41) is 10.3. The fraction of sp³-hybridized carbons (Fsp3) is 1.00. The first-order valence-electron chi connectivity index (χ1n) is 9.02. The summed E-state index contributed by atoms with van der Waals surface area (Å²) >= 11 is 0. The highest BCUT2D eigenvalue weighted by atomic mass is 16.3. The van der Waals surface area contributed by atoms with Crippen LogP contribution in [0.4, 0.5) is 0 Å². The Morgan fingerprint density at radius 3 is 2.10 bits per heavy atom. The Balaban J connectivity index is 1.79. The fourth-order valence-corrected chi connectivity index (χ4v) is 4.43. The molecule has 2 nitrogen and oxygen atoms in total. The maximum Gasteiger partial charge on any atom is 0.0580 e. The zero-order valence-electron chi connectivity index (χ0n) is 13.9. The molecule has 2 rings (SSSR count). The highest BCUT2D eigenvalue weighted by molar-refractivity contribution is 4.84. The van der Waals surface area contributed by atoms with Crippen LogP contribution in [-0.2, 0) is 0 Å². The van der Waals surface area contributed by atoms with Crippen molar-refractivity contribution in [2.45, 2.75) is 83.8 Å². The van der Waals surface area contributed by atoms with Crippen molar-refractivity contribution in [2.24, 2.45) is 17.8 Å². The molecule has 0 saturated heterocycles. The first-order valence-corrected chi connectivity index (χ1v) is 9.02. The number of rotatable bonds is 5. The van der Waals surface area contributed by atoms with Gasteiger partial charge >= 0.3 is 0 Å². The van der Waals surface area contributed by atoms with Crippen LogP contribution in [0, 0.1) is 17.8 Å². The van der Waals surface area contributed by atoms with Gasteiger partial charge in [0.25, 0.3) is 0 Å². The minimum Gasteiger partial charge on any atom is -0.393 e. The molecular weight excluding hydrogens is 246 g/mol. The molecule has 1 N–H and O–H groups in total. The molecule has 2 fully saturated rings. The van der Waals surface area contributed by atoms with Crippen molar-refractivity contribution in [1.29, 1.82) is 0 Å². The predicted octanol–water partition coefficient (Wildman–Crippen LogP) is 4.07. The molecule has 0 radical (unpaired) electrons. The standard InChI is InChI=1S/C18H35NO/c1-4-14-6-9-17(10-7-14)19(3)13-16-12-15(5-2)8-11-18(16)20/h14-18,20H,4-13H2,1-3H3. The van der Waals surface area contributed by atoms with E-state index in [0.717, 1.165) is 30.8 Å². The van der Waals surface area contributed by atoms with E-state index in [2.05, 4.69) is 25.8 Å². The second-order valence-corrected chi connectivity index (χ2v) is 7.44. The third-order valence-electron chi connectivity index (χ3n) is 6.17. The van der Waals surface area contributed by atoms with Crippen LogP contribution in [0.1, 0.15) is 71.6 Å². The molecule has 2 aliphatic carbocycles. The van der Waals surface area contributed by atoms with Crippen molar-refractivity contribution in [2.75, 3.05) is 13.6 Å². The second-order valence-electron chi connectivity index (χ2n) is 7.44. The molecular formula is C18H35NO. The molecule has 0 aromatic rings. The number of aliphatic hydroxyl groups excluding tert-OH is 1. The molecule has 0 heterocycles. The summed E-state index contributed by atoms with van der Waals surface area (Å²) in [6, 6.07) is 0.770. The number of hydrogen-bond donors (Lipinski definition) is 1. The van der Waals surface area contributed by atoms with E-state index in [-0.39, 0.29) is 6.10 Å². The van der Waals surface area contributed by atoms with Gasteiger partial charge in [-0.25, -0.2) is 0 Å². The number of nitrogens with zero attached hydrogens (tertiary/aromatic N) is 1. The molecule has 0 aliphatic heterocycles. The Kier molecular flexibility index (Phi) is 6.35. The van der Waals surface area contributed by atoms with Crippen LogP contribution in [0.15, 0.2) is 0 Å². The van der Waals surface area contributed by atoms with Crippen LogP contribution in [0.3, 0.4) is 0 Å². The lowest BCUT2D eigenvalue weighted by atomic mass is 9.77. The zero-order chi connectivity index (χ0) is 14.5. The van der Waals surface area contributed by atoms with E-state index >= 15 is 0 Å². The average molecular weight is 281 g/mol. The van der Waals surface area contributed by atoms with Crippen molar-refractivity contribution < 1.29 is 5.11 Å². The summed E-state index contributed by atoms with van der Waals surface area (Å²) in [6.45, 7) is 5.74. The van der Waals surface area contributed by atoms with Crippen LogP contribution < -0.4 is 0 Å². The van der Waals surface area contributed by atoms with Gasteiger partial charge in [-0.05, 0) is 69.7 Å². The van der Waals surface area contributed by atoms with Crippen molar-refractivity contribution >= 4 is 0 Å². The molecule has 0 spiro atoms. The van der Waals surface area contributed by atoms with E-state index < -0.39 is 0 Å². The Morgan fingerprint density at radius 2 is 1.50 bits per heavy atom. The van der Waals surface area contributed by atoms with Crippen molar-refractivity contribution in [3.63, 3.8) is 0 Å². The minimum absolute atomic E-state index is 0.0489. The first kappa shape index (κ1) is 16.3. The van der Waals surface area contributed by atoms with Crippen LogP contribution in [0.5, 0.6) is 0 Å². The molecule has 0 aromatic carbocycles. The quantitative estimate of drug-likeness (QED) is 0.821. The van der Waals surface area contributed by atoms with Gasteiger partial charge in [-0.15, -0.1) is 0 Å². The second kappa shape index (κ2) is 7.79. The summed E-state index contributed by atoms with van der Waals surface area (Å²) in [7, 11) is 2.29. The summed E-state index contributed by atoms with van der Waals surface area (Å²) in [6.07, 6.45) is 11.7. The lowest BCUT2D eigenvalue weighted by Crippen LogP contribution is -2.42. The maximum absolute atomic E-state index is 10.3. The Morgan fingerprint density at radius 1 is 0.900 bits per heavy atom. The first-order chi connectivity index (χ1) is 9.63. The number of aliphatic hydroxyl groups is 1. The van der Waals surface area contributed by atoms with Gasteiger partial charge < -0.3 is 10.0 Å². The van der Waals surface area contributed by atoms with Gasteiger partial charge in [0.1, 0.15) is 0 Å². The molecule has 20 heavy (non-hydrogen) atoms. The molecule has 3 atom stereocenters. The highest BCUT2D eigenvalue weighted by Crippen LogP contribution is 2.34. The van der Waals surface area contributed by atoms with E-state index in [4.69, 9.17) is 0 Å². The minimum atomic E-state index is -0.0489. The van der Waals surface area contributed by atoms with Crippen molar-refractivity contribution in [3.05, 3.63) is 0 Å². The SMILES string of the molecule is CCC1CCC(N(C)CC2CC(CC)CCC2O)CC1. The lowest BCUT2D eigenvalue weighted by molar-refractivity contribution is 0.0191. The number of hydrogen-bond acceptors (Lipinski definition) is 2. The van der Waals surface area contributed by atoms with E-state index in [1.54, 1.807) is 0 Å². The van der Waals surface area contributed by atoms with Crippen molar-refractivity contribution in [3.8, 4) is 0 Å². The predicted molar refractivity (Wildman–Crippen MR) is 85.8 cm³/mol. The van der Waals surface area contributed by atoms with E-state index in [1.165, 1.54) is 51.4 Å². The molecule has 3 unspecified atom stereocenters. The Labute approximate surface area is 125 Å². The lowest BCUT2D eigenvalue weighted by Gasteiger charge is -2.40. The van der Waals surface area contributed by atoms with Gasteiger partial charge in [-0.2, -0.15) is 0 Å². The topological polar surface area (TPSA) is 23.5 Å². The summed E-state index contributed by atoms with van der Waals surface area (Å²) in [4.78, 5) is 2.57. The molecule has 2 aliphatic rings. The van der Waals surface area contributed by atoms with Gasteiger partial charge in [0, 0.05) is 12.6 Å². The third-order valence-corrected chi connectivity index (χ3v) is 6.17. The normalized spacial score (nSPS) is 39.1. The van der Waals surface area contributed by atoms with Crippen LogP contribution in [-0.4, -0.2) is 35.7 Å². The van der Waals surface area contributed by atoms with Gasteiger partial charge in [0.2, 0.25) is 0 Å². The molecule has 2 heteroatoms. The van der Waals surface area contributed by atoms with E-state index in [1.807, 2.05) is 0 Å². The van der Waals surface area contributed by atoms with Gasteiger partial charge in [-0.1, -0.05) is 26.7 Å². The smallest absolute Gasteiger partial charge is 0.0580 e. The third kappa shape index (κ3) is 4.21. The molecule has 2 saturated carbocycles. The van der Waals surface area contributed by atoms with Crippen LogP contribution in [0.25, 0.3) is 0 Å². The summed E-state index contributed by atoms with van der Waals surface area (Å²) in [5.41, 5.74) is 0. The molecule has 0 bridgehead atoms. The Hall–Kier alpha value is -0.0800. The highest BCUT2D eigenvalue weighted by Gasteiger charge is 2.31. The monoisotopic (exact) mass is 281 g/mol. The van der Waals surface area contributed by atoms with Gasteiger partial charge in [-0.3, -0.25) is 0 Å². The molecule has 118 valence electrons. The van der Waals surface area contributed by atoms with Gasteiger partial charge in [0.15, 0.2) is 0 Å². The van der Waals surface area contributed by atoms with E-state index in [0.29, 0.717) is 5.92 Å². The zero-order valence-corrected chi connectivity index (χ0v) is 13.9. The van der Waals surface area contributed by atoms with Crippen LogP contribution >= 0.6 is 0 Å². The largest absolute Gasteiger partial charge is 0.393 e. The average Bonchev–Trinajstić information content (AvgIpc) is 2.49. The van der Waals surface area contributed by atoms with E-state index in [9.17, 15) is 5.11 Å². The fourth-order valence-electron chi connectivity index (χ4n) is 4.43. The summed E-state index contributed by atoms with van der Waals surface area (Å²) < 4.78 is 0. The summed E-state index contributed by atoms with van der Waals surface area (Å²) in [5.74, 6) is 2.35. The molecule has 0 amide bonds. The van der Waals surface area contributed by atoms with Gasteiger partial charge in [0.05, 0.1) is 6.10 Å².